The second-order valence-electron chi connectivity index (χ2n) is 7.70. The summed E-state index contributed by atoms with van der Waals surface area (Å²) < 4.78 is 28.2. The van der Waals surface area contributed by atoms with Crippen molar-refractivity contribution in [3.8, 4) is 11.4 Å². The monoisotopic (exact) mass is 358 g/mol. The van der Waals surface area contributed by atoms with E-state index in [0.29, 0.717) is 17.1 Å². The molecule has 0 saturated carbocycles. The van der Waals surface area contributed by atoms with Crippen LogP contribution < -0.4 is 0 Å². The molecule has 3 rings (SSSR count). The molecule has 0 radical (unpaired) electrons. The predicted molar refractivity (Wildman–Crippen MR) is 98.8 cm³/mol. The fourth-order valence-corrected chi connectivity index (χ4v) is 2.65. The van der Waals surface area contributed by atoms with Gasteiger partial charge in [-0.15, -0.1) is 0 Å². The van der Waals surface area contributed by atoms with Gasteiger partial charge in [-0.05, 0) is 53.7 Å². The number of hydrogen-bond donors (Lipinski definition) is 0. The van der Waals surface area contributed by atoms with E-state index in [0.717, 1.165) is 0 Å². The molecule has 138 valence electrons. The molecule has 0 aliphatic carbocycles. The molecule has 0 bridgehead atoms. The normalized spacial score (nSPS) is 19.4. The Labute approximate surface area is 153 Å². The Morgan fingerprint density at radius 3 is 2.35 bits per heavy atom. The molecule has 3 heterocycles. The Morgan fingerprint density at radius 2 is 1.81 bits per heavy atom. The topological polar surface area (TPSA) is 62.1 Å². The van der Waals surface area contributed by atoms with E-state index in [9.17, 15) is 4.39 Å². The van der Waals surface area contributed by atoms with Gasteiger partial charge in [0.15, 0.2) is 0 Å². The third kappa shape index (κ3) is 3.43. The van der Waals surface area contributed by atoms with Crippen LogP contribution >= 0.6 is 0 Å². The maximum Gasteiger partial charge on any atom is 0.525 e. The van der Waals surface area contributed by atoms with Crippen molar-refractivity contribution in [1.29, 1.82) is 0 Å². The van der Waals surface area contributed by atoms with Gasteiger partial charge in [0.1, 0.15) is 17.1 Å². The van der Waals surface area contributed by atoms with Crippen molar-refractivity contribution in [2.75, 3.05) is 0 Å². The van der Waals surface area contributed by atoms with E-state index in [2.05, 4.69) is 15.1 Å². The zero-order valence-electron chi connectivity index (χ0n) is 16.0. The summed E-state index contributed by atoms with van der Waals surface area (Å²) in [6.07, 6.45) is 6.24. The van der Waals surface area contributed by atoms with E-state index in [4.69, 9.17) is 9.31 Å². The fourth-order valence-electron chi connectivity index (χ4n) is 2.65. The molecule has 8 heteroatoms. The Balaban J connectivity index is 1.94. The van der Waals surface area contributed by atoms with Gasteiger partial charge in [0.25, 0.3) is 0 Å². The van der Waals surface area contributed by atoms with Gasteiger partial charge < -0.3 is 9.31 Å². The summed E-state index contributed by atoms with van der Waals surface area (Å²) in [5.74, 6) is 0. The van der Waals surface area contributed by atoms with Crippen molar-refractivity contribution in [1.82, 2.24) is 19.7 Å². The lowest BCUT2D eigenvalue weighted by atomic mass is 9.87. The third-order valence-electron chi connectivity index (χ3n) is 4.84. The maximum atomic E-state index is 14.9. The molecular weight excluding hydrogens is 334 g/mol. The van der Waals surface area contributed by atoms with E-state index in [-0.39, 0.29) is 6.04 Å². The quantitative estimate of drug-likeness (QED) is 0.777. The van der Waals surface area contributed by atoms with Crippen molar-refractivity contribution in [3.63, 3.8) is 0 Å². The molecule has 0 unspecified atom stereocenters. The summed E-state index contributed by atoms with van der Waals surface area (Å²) in [4.78, 5) is 8.31. The molecule has 0 N–H and O–H groups in total. The molecule has 0 aromatic carbocycles. The van der Waals surface area contributed by atoms with Crippen LogP contribution in [0.4, 0.5) is 4.39 Å². The summed E-state index contributed by atoms with van der Waals surface area (Å²) in [6.45, 7) is 11.5. The first-order valence-electron chi connectivity index (χ1n) is 8.69. The number of halogens is 1. The molecule has 1 fully saturated rings. The van der Waals surface area contributed by atoms with E-state index in [1.54, 1.807) is 29.3 Å². The van der Waals surface area contributed by atoms with Crippen LogP contribution in [-0.2, 0) is 9.31 Å². The first kappa shape index (κ1) is 18.7. The van der Waals surface area contributed by atoms with Crippen LogP contribution in [0.15, 0.2) is 30.4 Å². The molecule has 2 aromatic heterocycles. The largest absolute Gasteiger partial charge is 0.525 e. The van der Waals surface area contributed by atoms with Gasteiger partial charge in [-0.3, -0.25) is 14.6 Å². The third-order valence-corrected chi connectivity index (χ3v) is 4.84. The molecule has 0 atom stereocenters. The van der Waals surface area contributed by atoms with Gasteiger partial charge in [-0.2, -0.15) is 5.10 Å². The summed E-state index contributed by atoms with van der Waals surface area (Å²) in [5.41, 5.74) is 0.221. The highest BCUT2D eigenvalue weighted by Crippen LogP contribution is 2.39. The highest BCUT2D eigenvalue weighted by atomic mass is 19.1. The van der Waals surface area contributed by atoms with Gasteiger partial charge in [-0.1, -0.05) is 0 Å². The molecule has 0 spiro atoms. The van der Waals surface area contributed by atoms with Crippen LogP contribution in [0.5, 0.6) is 0 Å². The average molecular weight is 358 g/mol. The van der Waals surface area contributed by atoms with E-state index < -0.39 is 24.0 Å². The molecule has 26 heavy (non-hydrogen) atoms. The lowest BCUT2D eigenvalue weighted by molar-refractivity contribution is 0.00578. The first-order valence-corrected chi connectivity index (χ1v) is 8.69. The smallest absolute Gasteiger partial charge is 0.398 e. The van der Waals surface area contributed by atoms with Crippen molar-refractivity contribution < 1.29 is 13.7 Å². The van der Waals surface area contributed by atoms with Crippen LogP contribution in [0.2, 0.25) is 0 Å². The van der Waals surface area contributed by atoms with Gasteiger partial charge in [0.05, 0.1) is 23.1 Å². The molecule has 1 saturated heterocycles. The van der Waals surface area contributed by atoms with E-state index in [1.807, 2.05) is 41.5 Å². The van der Waals surface area contributed by atoms with Gasteiger partial charge in [0.2, 0.25) is 0 Å². The highest BCUT2D eigenvalue weighted by molar-refractivity contribution is 6.54. The van der Waals surface area contributed by atoms with Crippen LogP contribution in [0.3, 0.4) is 0 Å². The predicted octanol–water partition coefficient (Wildman–Crippen LogP) is 3.86. The fraction of sp³-hybridized carbons (Fsp3) is 0.500. The first-order chi connectivity index (χ1) is 12.1. The highest BCUT2D eigenvalue weighted by Gasteiger charge is 2.53. The summed E-state index contributed by atoms with van der Waals surface area (Å²) in [5, 5.41) is 4.54. The SMILES string of the molecule is CC(C)n1nc(-c2cnccn2)cc1C=C(F)B1OC(C)(C)C(C)(C)O1. The van der Waals surface area contributed by atoms with Gasteiger partial charge >= 0.3 is 7.12 Å². The van der Waals surface area contributed by atoms with Crippen molar-refractivity contribution in [2.24, 2.45) is 0 Å². The van der Waals surface area contributed by atoms with Crippen LogP contribution in [0.25, 0.3) is 17.5 Å². The molecule has 0 amide bonds. The minimum absolute atomic E-state index is 0.0535. The van der Waals surface area contributed by atoms with E-state index in [1.165, 1.54) is 6.08 Å². The minimum atomic E-state index is -1.03. The van der Waals surface area contributed by atoms with Crippen LogP contribution in [0.1, 0.15) is 53.3 Å². The molecule has 2 aromatic rings. The molecule has 1 aliphatic heterocycles. The summed E-state index contributed by atoms with van der Waals surface area (Å²) >= 11 is 0. The maximum absolute atomic E-state index is 14.9. The lowest BCUT2D eigenvalue weighted by Gasteiger charge is -2.32. The Kier molecular flexibility index (Phi) is 4.75. The van der Waals surface area contributed by atoms with Crippen LogP contribution in [-0.4, -0.2) is 38.1 Å². The van der Waals surface area contributed by atoms with Gasteiger partial charge in [-0.25, -0.2) is 4.39 Å². The molecule has 1 aliphatic rings. The number of nitrogens with zero attached hydrogens (tertiary/aromatic N) is 4. The summed E-state index contributed by atoms with van der Waals surface area (Å²) in [6, 6.07) is 1.84. The minimum Gasteiger partial charge on any atom is -0.398 e. The zero-order valence-corrected chi connectivity index (χ0v) is 16.0. The Morgan fingerprint density at radius 1 is 1.15 bits per heavy atom. The molecular formula is C18H24BFN4O2. The molecule has 6 nitrogen and oxygen atoms in total. The summed E-state index contributed by atoms with van der Waals surface area (Å²) in [7, 11) is -1.03. The second kappa shape index (κ2) is 6.59. The van der Waals surface area contributed by atoms with Crippen LogP contribution in [0, 0.1) is 0 Å². The van der Waals surface area contributed by atoms with Gasteiger partial charge in [0, 0.05) is 18.4 Å². The van der Waals surface area contributed by atoms with Crippen molar-refractivity contribution >= 4 is 13.2 Å². The Hall–Kier alpha value is -2.06. The van der Waals surface area contributed by atoms with E-state index >= 15 is 0 Å². The lowest BCUT2D eigenvalue weighted by Crippen LogP contribution is -2.41. The van der Waals surface area contributed by atoms with Crippen molar-refractivity contribution in [2.45, 2.75) is 58.8 Å². The van der Waals surface area contributed by atoms with Crippen molar-refractivity contribution in [3.05, 3.63) is 36.1 Å². The number of rotatable bonds is 4. The Bertz CT molecular complexity index is 802. The zero-order chi connectivity index (χ0) is 19.1. The number of hydrogen-bond acceptors (Lipinski definition) is 5. The second-order valence-corrected chi connectivity index (χ2v) is 7.70. The average Bonchev–Trinajstić information content (AvgIpc) is 3.07. The number of aromatic nitrogens is 4. The standard InChI is InChI=1S/C18H24BFN4O2/c1-12(2)24-13(9-14(23-24)15-11-21-7-8-22-15)10-16(20)19-25-17(3,4)18(5,6)26-19/h7-12H,1-6H3.